The van der Waals surface area contributed by atoms with E-state index in [1.807, 2.05) is 49.1 Å². The van der Waals surface area contributed by atoms with Crippen molar-refractivity contribution in [1.82, 2.24) is 5.32 Å². The smallest absolute Gasteiger partial charge is 0.323 e. The fourth-order valence-electron chi connectivity index (χ4n) is 3.40. The van der Waals surface area contributed by atoms with Gasteiger partial charge in [-0.3, -0.25) is 9.59 Å². The van der Waals surface area contributed by atoms with Crippen molar-refractivity contribution in [2.45, 2.75) is 27.2 Å². The van der Waals surface area contributed by atoms with Crippen LogP contribution in [0.3, 0.4) is 0 Å². The molecule has 1 atom stereocenters. The molecule has 0 heterocycles. The summed E-state index contributed by atoms with van der Waals surface area (Å²) >= 11 is 0. The third-order valence-electron chi connectivity index (χ3n) is 5.00. The first kappa shape index (κ1) is 25.5. The number of hydrogen-bond acceptors (Lipinski definition) is 5. The highest BCUT2D eigenvalue weighted by molar-refractivity contribution is 6.01. The van der Waals surface area contributed by atoms with E-state index in [0.29, 0.717) is 36.8 Å². The monoisotopic (exact) mass is 456 g/mol. The van der Waals surface area contributed by atoms with Crippen LogP contribution in [-0.2, 0) is 9.59 Å². The van der Waals surface area contributed by atoms with Crippen LogP contribution in [0.2, 0.25) is 0 Å². The molecule has 4 N–H and O–H groups in total. The van der Waals surface area contributed by atoms with E-state index in [2.05, 4.69) is 16.0 Å². The number of carbonyl (C=O) groups is 3. The average molecular weight is 457 g/mol. The Morgan fingerprint density at radius 1 is 1.09 bits per heavy atom. The predicted molar refractivity (Wildman–Crippen MR) is 129 cm³/mol. The van der Waals surface area contributed by atoms with E-state index < -0.39 is 12.0 Å². The highest BCUT2D eigenvalue weighted by Gasteiger charge is 2.17. The zero-order chi connectivity index (χ0) is 24.4. The summed E-state index contributed by atoms with van der Waals surface area (Å²) < 4.78 is 5.49. The van der Waals surface area contributed by atoms with Gasteiger partial charge in [-0.2, -0.15) is 0 Å². The second-order valence-corrected chi connectivity index (χ2v) is 7.91. The number of nitrogens with one attached hydrogen (secondary N) is 3. The number of nitrogens with zero attached hydrogens (tertiary/aromatic N) is 1. The van der Waals surface area contributed by atoms with Gasteiger partial charge in [-0.15, -0.1) is 0 Å². The van der Waals surface area contributed by atoms with Crippen molar-refractivity contribution < 1.29 is 24.2 Å². The number of urea groups is 1. The van der Waals surface area contributed by atoms with Gasteiger partial charge in [0, 0.05) is 50.4 Å². The van der Waals surface area contributed by atoms with Gasteiger partial charge < -0.3 is 30.7 Å². The molecule has 2 aromatic rings. The zero-order valence-electron chi connectivity index (χ0n) is 19.5. The van der Waals surface area contributed by atoms with Crippen LogP contribution in [0.25, 0.3) is 0 Å². The minimum Gasteiger partial charge on any atom is -0.494 e. The number of amides is 3. The molecule has 0 aromatic heterocycles. The predicted octanol–water partition coefficient (Wildman–Crippen LogP) is 3.70. The number of benzene rings is 2. The van der Waals surface area contributed by atoms with Crippen LogP contribution in [0.1, 0.15) is 25.8 Å². The average Bonchev–Trinajstić information content (AvgIpc) is 2.74. The molecule has 3 amide bonds. The van der Waals surface area contributed by atoms with Crippen molar-refractivity contribution in [3.8, 4) is 5.75 Å². The van der Waals surface area contributed by atoms with Gasteiger partial charge in [-0.1, -0.05) is 25.1 Å². The van der Waals surface area contributed by atoms with Crippen LogP contribution in [-0.4, -0.2) is 49.8 Å². The zero-order valence-corrected chi connectivity index (χ0v) is 19.5. The second kappa shape index (κ2) is 12.3. The van der Waals surface area contributed by atoms with E-state index in [4.69, 9.17) is 9.84 Å². The number of carbonyl (C=O) groups excluding carboxylic acids is 2. The summed E-state index contributed by atoms with van der Waals surface area (Å²) in [7, 11) is 1.51. The molecule has 33 heavy (non-hydrogen) atoms. The van der Waals surface area contributed by atoms with E-state index in [1.165, 1.54) is 14.0 Å². The summed E-state index contributed by atoms with van der Waals surface area (Å²) in [6, 6.07) is 12.4. The molecule has 2 rings (SSSR count). The van der Waals surface area contributed by atoms with Gasteiger partial charge in [0.15, 0.2) is 0 Å². The molecular weight excluding hydrogens is 424 g/mol. The highest BCUT2D eigenvalue weighted by Crippen LogP contribution is 2.30. The maximum Gasteiger partial charge on any atom is 0.323 e. The normalized spacial score (nSPS) is 11.3. The maximum absolute atomic E-state index is 12.5. The van der Waals surface area contributed by atoms with Gasteiger partial charge >= 0.3 is 12.0 Å². The van der Waals surface area contributed by atoms with Crippen LogP contribution >= 0.6 is 0 Å². The summed E-state index contributed by atoms with van der Waals surface area (Å²) in [6.45, 7) is 6.61. The van der Waals surface area contributed by atoms with Gasteiger partial charge in [-0.25, -0.2) is 4.79 Å². The summed E-state index contributed by atoms with van der Waals surface area (Å²) in [4.78, 5) is 36.8. The fourth-order valence-corrected chi connectivity index (χ4v) is 3.40. The number of para-hydroxylation sites is 1. The first-order valence-electron chi connectivity index (χ1n) is 10.7. The molecule has 1 unspecified atom stereocenters. The Morgan fingerprint density at radius 3 is 2.42 bits per heavy atom. The second-order valence-electron chi connectivity index (χ2n) is 7.91. The number of aliphatic carboxylic acids is 1. The standard InChI is InChI=1S/C24H32N4O5/c1-16(13-23(30)31)15-28(12-11-25-18(3)29)19-9-10-21(22(14-19)33-4)27-24(32)26-20-8-6-5-7-17(20)2/h5-10,14,16H,11-13,15H2,1-4H3,(H,25,29)(H,30,31)(H2,26,27,32). The van der Waals surface area contributed by atoms with Crippen LogP contribution in [0, 0.1) is 12.8 Å². The Bertz CT molecular complexity index is 979. The summed E-state index contributed by atoms with van der Waals surface area (Å²) in [5, 5.41) is 17.5. The van der Waals surface area contributed by atoms with Gasteiger partial charge in [0.25, 0.3) is 0 Å². The lowest BCUT2D eigenvalue weighted by Crippen LogP contribution is -2.37. The van der Waals surface area contributed by atoms with E-state index in [1.54, 1.807) is 12.1 Å². The minimum atomic E-state index is -0.860. The minimum absolute atomic E-state index is 0.0342. The van der Waals surface area contributed by atoms with E-state index in [9.17, 15) is 14.4 Å². The molecule has 0 spiro atoms. The van der Waals surface area contributed by atoms with E-state index in [0.717, 1.165) is 11.3 Å². The number of carboxylic acids is 1. The molecule has 0 fully saturated rings. The molecular formula is C24H32N4O5. The molecule has 178 valence electrons. The lowest BCUT2D eigenvalue weighted by atomic mass is 10.1. The number of rotatable bonds is 11. The first-order chi connectivity index (χ1) is 15.7. The Kier molecular flexibility index (Phi) is 9.53. The molecule has 0 saturated heterocycles. The summed E-state index contributed by atoms with van der Waals surface area (Å²) in [5.74, 6) is -0.641. The highest BCUT2D eigenvalue weighted by atomic mass is 16.5. The van der Waals surface area contributed by atoms with Crippen LogP contribution in [0.5, 0.6) is 5.75 Å². The number of carboxylic acid groups (broad SMARTS) is 1. The lowest BCUT2D eigenvalue weighted by molar-refractivity contribution is -0.137. The number of ether oxygens (including phenoxy) is 1. The van der Waals surface area contributed by atoms with E-state index >= 15 is 0 Å². The molecule has 0 aliphatic carbocycles. The van der Waals surface area contributed by atoms with Gasteiger partial charge in [-0.05, 0) is 36.6 Å². The van der Waals surface area contributed by atoms with Crippen molar-refractivity contribution >= 4 is 35.0 Å². The van der Waals surface area contributed by atoms with Crippen molar-refractivity contribution in [2.75, 3.05) is 42.3 Å². The summed E-state index contributed by atoms with van der Waals surface area (Å²) in [6.07, 6.45) is 0.0342. The molecule has 0 bridgehead atoms. The third-order valence-corrected chi connectivity index (χ3v) is 5.00. The van der Waals surface area contributed by atoms with Crippen molar-refractivity contribution in [3.05, 3.63) is 48.0 Å². The number of methoxy groups -OCH3 is 1. The quantitative estimate of drug-likeness (QED) is 0.409. The first-order valence-corrected chi connectivity index (χ1v) is 10.7. The van der Waals surface area contributed by atoms with Crippen molar-refractivity contribution in [2.24, 2.45) is 5.92 Å². The Morgan fingerprint density at radius 2 is 1.79 bits per heavy atom. The molecule has 9 nitrogen and oxygen atoms in total. The van der Waals surface area contributed by atoms with Crippen LogP contribution in [0.4, 0.5) is 21.9 Å². The largest absolute Gasteiger partial charge is 0.494 e. The number of aryl methyl sites for hydroxylation is 1. The van der Waals surface area contributed by atoms with Gasteiger partial charge in [0.1, 0.15) is 5.75 Å². The SMILES string of the molecule is COc1cc(N(CCNC(C)=O)CC(C)CC(=O)O)ccc1NC(=O)Nc1ccccc1C. The molecule has 2 aromatic carbocycles. The van der Waals surface area contributed by atoms with Crippen LogP contribution in [0.15, 0.2) is 42.5 Å². The van der Waals surface area contributed by atoms with Crippen molar-refractivity contribution in [1.29, 1.82) is 0 Å². The Balaban J connectivity index is 2.17. The Hall–Kier alpha value is -3.75. The molecule has 0 radical (unpaired) electrons. The maximum atomic E-state index is 12.5. The number of hydrogen-bond donors (Lipinski definition) is 4. The van der Waals surface area contributed by atoms with Crippen LogP contribution < -0.4 is 25.6 Å². The van der Waals surface area contributed by atoms with E-state index in [-0.39, 0.29) is 18.2 Å². The summed E-state index contributed by atoms with van der Waals surface area (Å²) in [5.41, 5.74) is 2.94. The van der Waals surface area contributed by atoms with Gasteiger partial charge in [0.2, 0.25) is 5.91 Å². The topological polar surface area (TPSA) is 120 Å². The number of anilines is 3. The van der Waals surface area contributed by atoms with Gasteiger partial charge in [0.05, 0.1) is 12.8 Å². The molecule has 0 aliphatic heterocycles. The lowest BCUT2D eigenvalue weighted by Gasteiger charge is -2.28. The fraction of sp³-hybridized carbons (Fsp3) is 0.375. The molecule has 9 heteroatoms. The van der Waals surface area contributed by atoms with Crippen molar-refractivity contribution in [3.63, 3.8) is 0 Å². The molecule has 0 aliphatic rings. The Labute approximate surface area is 194 Å². The third kappa shape index (κ3) is 8.36. The molecule has 0 saturated carbocycles.